The largest absolute Gasteiger partial charge is 0.362 e. The van der Waals surface area contributed by atoms with E-state index in [1.807, 2.05) is 11.8 Å². The number of thioether (sulfide) groups is 1. The molecule has 2 heterocycles. The quantitative estimate of drug-likeness (QED) is 0.734. The second kappa shape index (κ2) is 4.74. The summed E-state index contributed by atoms with van der Waals surface area (Å²) in [6, 6.07) is 1.12. The third kappa shape index (κ3) is 2.88. The van der Waals surface area contributed by atoms with Gasteiger partial charge in [-0.15, -0.1) is 0 Å². The van der Waals surface area contributed by atoms with Crippen LogP contribution in [0.25, 0.3) is 0 Å². The summed E-state index contributed by atoms with van der Waals surface area (Å²) in [5.41, 5.74) is 0. The molecule has 86 valence electrons. The lowest BCUT2D eigenvalue weighted by atomic mass is 9.95. The summed E-state index contributed by atoms with van der Waals surface area (Å²) in [5, 5.41) is 4.60. The van der Waals surface area contributed by atoms with Gasteiger partial charge in [0.15, 0.2) is 5.17 Å². The Morgan fingerprint density at radius 2 is 2.27 bits per heavy atom. The molecule has 0 aliphatic carbocycles. The van der Waals surface area contributed by atoms with Crippen LogP contribution in [0, 0.1) is 5.92 Å². The standard InChI is InChI=1S/C11H21N3S/c1-8-6-14(3)5-4-10(8)13-11-12-9(2)7-15-11/h8-10H,4-7H2,1-3H3,(H,12,13). The summed E-state index contributed by atoms with van der Waals surface area (Å²) >= 11 is 1.87. The van der Waals surface area contributed by atoms with E-state index in [9.17, 15) is 0 Å². The number of piperidine rings is 1. The summed E-state index contributed by atoms with van der Waals surface area (Å²) in [6.45, 7) is 6.90. The number of nitrogens with one attached hydrogen (secondary N) is 1. The molecule has 3 atom stereocenters. The Morgan fingerprint density at radius 1 is 1.47 bits per heavy atom. The van der Waals surface area contributed by atoms with Gasteiger partial charge in [0.2, 0.25) is 0 Å². The molecule has 0 aromatic rings. The molecule has 1 N–H and O–H groups in total. The zero-order chi connectivity index (χ0) is 10.8. The highest BCUT2D eigenvalue weighted by Gasteiger charge is 2.25. The highest BCUT2D eigenvalue weighted by Crippen LogP contribution is 2.22. The maximum Gasteiger partial charge on any atom is 0.157 e. The molecule has 0 aromatic carbocycles. The Hall–Kier alpha value is -0.220. The summed E-state index contributed by atoms with van der Waals surface area (Å²) in [7, 11) is 2.20. The van der Waals surface area contributed by atoms with Crippen LogP contribution in [0.1, 0.15) is 20.3 Å². The van der Waals surface area contributed by atoms with Gasteiger partial charge in [-0.2, -0.15) is 0 Å². The topological polar surface area (TPSA) is 27.6 Å². The fourth-order valence-corrected chi connectivity index (χ4v) is 3.24. The van der Waals surface area contributed by atoms with E-state index in [1.54, 1.807) is 0 Å². The first kappa shape index (κ1) is 11.3. The van der Waals surface area contributed by atoms with E-state index in [0.717, 1.165) is 0 Å². The van der Waals surface area contributed by atoms with Crippen molar-refractivity contribution in [1.82, 2.24) is 10.2 Å². The summed E-state index contributed by atoms with van der Waals surface area (Å²) in [5.74, 6) is 1.86. The Bertz CT molecular complexity index is 254. The summed E-state index contributed by atoms with van der Waals surface area (Å²) in [6.07, 6.45) is 1.21. The number of nitrogens with zero attached hydrogens (tertiary/aromatic N) is 2. The molecule has 0 bridgehead atoms. The van der Waals surface area contributed by atoms with Crippen LogP contribution in [0.2, 0.25) is 0 Å². The first-order valence-electron chi connectivity index (χ1n) is 5.81. The minimum atomic E-state index is 0.529. The van der Waals surface area contributed by atoms with Crippen molar-refractivity contribution < 1.29 is 0 Å². The van der Waals surface area contributed by atoms with E-state index >= 15 is 0 Å². The van der Waals surface area contributed by atoms with Crippen LogP contribution in [0.5, 0.6) is 0 Å². The van der Waals surface area contributed by atoms with Crippen LogP contribution < -0.4 is 5.32 Å². The van der Waals surface area contributed by atoms with E-state index in [-0.39, 0.29) is 0 Å². The van der Waals surface area contributed by atoms with Gasteiger partial charge in [-0.1, -0.05) is 18.7 Å². The molecule has 4 heteroatoms. The average molecular weight is 227 g/mol. The van der Waals surface area contributed by atoms with Crippen LogP contribution in [0.4, 0.5) is 0 Å². The normalized spacial score (nSPS) is 40.7. The predicted molar refractivity (Wildman–Crippen MR) is 67.6 cm³/mol. The Kier molecular flexibility index (Phi) is 3.57. The average Bonchev–Trinajstić information content (AvgIpc) is 2.56. The van der Waals surface area contributed by atoms with Crippen LogP contribution in [0.3, 0.4) is 0 Å². The van der Waals surface area contributed by atoms with E-state index < -0.39 is 0 Å². The second-order valence-electron chi connectivity index (χ2n) is 4.89. The van der Waals surface area contributed by atoms with Gasteiger partial charge in [-0.05, 0) is 32.9 Å². The van der Waals surface area contributed by atoms with Crippen molar-refractivity contribution in [1.29, 1.82) is 0 Å². The summed E-state index contributed by atoms with van der Waals surface area (Å²) < 4.78 is 0. The summed E-state index contributed by atoms with van der Waals surface area (Å²) in [4.78, 5) is 7.24. The maximum absolute atomic E-state index is 4.84. The van der Waals surface area contributed by atoms with E-state index in [4.69, 9.17) is 4.99 Å². The molecule has 2 rings (SSSR count). The fraction of sp³-hybridized carbons (Fsp3) is 0.909. The molecule has 0 saturated carbocycles. The molecule has 15 heavy (non-hydrogen) atoms. The smallest absolute Gasteiger partial charge is 0.157 e. The Balaban J connectivity index is 1.93. The number of likely N-dealkylation sites (tertiary alicyclic amines) is 1. The van der Waals surface area contributed by atoms with Crippen LogP contribution in [0.15, 0.2) is 4.99 Å². The molecule has 2 aliphatic heterocycles. The molecule has 2 aliphatic rings. The Morgan fingerprint density at radius 3 is 2.87 bits per heavy atom. The number of hydrogen-bond acceptors (Lipinski definition) is 3. The molecule has 2 saturated heterocycles. The molecule has 0 aromatic heterocycles. The SMILES string of the molecule is CC1CSC(=NC2CCN(C)CC2C)N1. The van der Waals surface area contributed by atoms with E-state index in [1.165, 1.54) is 30.4 Å². The molecule has 0 spiro atoms. The highest BCUT2D eigenvalue weighted by atomic mass is 32.2. The van der Waals surface area contributed by atoms with Crippen molar-refractivity contribution in [2.45, 2.75) is 32.4 Å². The molecule has 2 fully saturated rings. The van der Waals surface area contributed by atoms with Crippen LogP contribution in [-0.4, -0.2) is 48.0 Å². The lowest BCUT2D eigenvalue weighted by Gasteiger charge is -2.32. The predicted octanol–water partition coefficient (Wildman–Crippen LogP) is 1.41. The molecule has 0 radical (unpaired) electrons. The van der Waals surface area contributed by atoms with Crippen molar-refractivity contribution in [3.05, 3.63) is 0 Å². The number of amidine groups is 1. The van der Waals surface area contributed by atoms with Crippen molar-refractivity contribution in [3.63, 3.8) is 0 Å². The van der Waals surface area contributed by atoms with Gasteiger partial charge in [0.25, 0.3) is 0 Å². The van der Waals surface area contributed by atoms with Crippen molar-refractivity contribution >= 4 is 16.9 Å². The molecular weight excluding hydrogens is 206 g/mol. The van der Waals surface area contributed by atoms with Crippen molar-refractivity contribution in [2.75, 3.05) is 25.9 Å². The molecule has 0 amide bonds. The highest BCUT2D eigenvalue weighted by molar-refractivity contribution is 8.14. The van der Waals surface area contributed by atoms with Gasteiger partial charge >= 0.3 is 0 Å². The zero-order valence-corrected chi connectivity index (χ0v) is 10.7. The number of rotatable bonds is 1. The second-order valence-corrected chi connectivity index (χ2v) is 5.89. The van der Waals surface area contributed by atoms with E-state index in [0.29, 0.717) is 18.0 Å². The van der Waals surface area contributed by atoms with Gasteiger partial charge in [0.1, 0.15) is 0 Å². The first-order valence-corrected chi connectivity index (χ1v) is 6.79. The van der Waals surface area contributed by atoms with Gasteiger partial charge in [-0.25, -0.2) is 0 Å². The van der Waals surface area contributed by atoms with Crippen LogP contribution >= 0.6 is 11.8 Å². The minimum Gasteiger partial charge on any atom is -0.362 e. The van der Waals surface area contributed by atoms with Gasteiger partial charge < -0.3 is 10.2 Å². The van der Waals surface area contributed by atoms with E-state index in [2.05, 4.69) is 31.1 Å². The third-order valence-electron chi connectivity index (χ3n) is 3.19. The number of hydrogen-bond donors (Lipinski definition) is 1. The maximum atomic E-state index is 4.84. The Labute approximate surface area is 96.7 Å². The third-order valence-corrected chi connectivity index (χ3v) is 4.35. The fourth-order valence-electron chi connectivity index (χ4n) is 2.26. The van der Waals surface area contributed by atoms with Crippen molar-refractivity contribution in [2.24, 2.45) is 10.9 Å². The molecular formula is C11H21N3S. The monoisotopic (exact) mass is 227 g/mol. The molecule has 3 unspecified atom stereocenters. The van der Waals surface area contributed by atoms with Gasteiger partial charge in [-0.3, -0.25) is 4.99 Å². The number of aliphatic imine (C=N–C) groups is 1. The minimum absolute atomic E-state index is 0.529. The van der Waals surface area contributed by atoms with Gasteiger partial charge in [0, 0.05) is 18.3 Å². The van der Waals surface area contributed by atoms with Crippen molar-refractivity contribution in [3.8, 4) is 0 Å². The van der Waals surface area contributed by atoms with Gasteiger partial charge in [0.05, 0.1) is 6.04 Å². The van der Waals surface area contributed by atoms with Crippen LogP contribution in [-0.2, 0) is 0 Å². The zero-order valence-electron chi connectivity index (χ0n) is 9.86. The lowest BCUT2D eigenvalue weighted by molar-refractivity contribution is 0.198. The lowest BCUT2D eigenvalue weighted by Crippen LogP contribution is -2.39. The first-order chi connectivity index (χ1) is 7.15. The molecule has 3 nitrogen and oxygen atoms in total.